The first-order valence-corrected chi connectivity index (χ1v) is 6.80. The Morgan fingerprint density at radius 3 is 2.73 bits per heavy atom. The van der Waals surface area contributed by atoms with E-state index in [1.807, 2.05) is 6.07 Å². The lowest BCUT2D eigenvalue weighted by Crippen LogP contribution is -1.96. The van der Waals surface area contributed by atoms with Gasteiger partial charge in [-0.05, 0) is 23.8 Å². The van der Waals surface area contributed by atoms with E-state index in [4.69, 9.17) is 14.9 Å². The van der Waals surface area contributed by atoms with Crippen LogP contribution in [0.3, 0.4) is 0 Å². The number of anilines is 1. The quantitative estimate of drug-likeness (QED) is 0.444. The summed E-state index contributed by atoms with van der Waals surface area (Å²) in [6, 6.07) is 9.82. The van der Waals surface area contributed by atoms with Crippen molar-refractivity contribution in [2.24, 2.45) is 0 Å². The van der Waals surface area contributed by atoms with Gasteiger partial charge in [0.05, 0.1) is 12.9 Å². The average molecular weight is 299 g/mol. The van der Waals surface area contributed by atoms with Gasteiger partial charge in [-0.1, -0.05) is 12.1 Å². The van der Waals surface area contributed by atoms with E-state index in [1.165, 1.54) is 12.1 Å². The molecule has 2 N–H and O–H groups in total. The molecule has 3 rings (SSSR count). The van der Waals surface area contributed by atoms with Gasteiger partial charge in [-0.2, -0.15) is 0 Å². The summed E-state index contributed by atoms with van der Waals surface area (Å²) in [5, 5.41) is 0.906. The first-order valence-electron chi connectivity index (χ1n) is 6.80. The first kappa shape index (κ1) is 14.1. The fourth-order valence-corrected chi connectivity index (χ4v) is 2.43. The Morgan fingerprint density at radius 1 is 1.23 bits per heavy atom. The smallest absolute Gasteiger partial charge is 0.293 e. The highest BCUT2D eigenvalue weighted by Crippen LogP contribution is 2.33. The molecule has 0 saturated heterocycles. The van der Waals surface area contributed by atoms with Gasteiger partial charge in [-0.3, -0.25) is 4.79 Å². The van der Waals surface area contributed by atoms with E-state index in [0.717, 1.165) is 22.1 Å². The van der Waals surface area contributed by atoms with Crippen LogP contribution < -0.4 is 5.73 Å². The van der Waals surface area contributed by atoms with Gasteiger partial charge in [0.15, 0.2) is 0 Å². The second-order valence-corrected chi connectivity index (χ2v) is 4.92. The van der Waals surface area contributed by atoms with Crippen molar-refractivity contribution in [2.45, 2.75) is 6.42 Å². The molecule has 0 bridgehead atoms. The molecule has 0 radical (unpaired) electrons. The van der Waals surface area contributed by atoms with Gasteiger partial charge >= 0.3 is 0 Å². The lowest BCUT2D eigenvalue weighted by atomic mass is 10.00. The third-order valence-electron chi connectivity index (χ3n) is 3.54. The summed E-state index contributed by atoms with van der Waals surface area (Å²) in [5.74, 6) is -0.293. The van der Waals surface area contributed by atoms with Crippen molar-refractivity contribution >= 4 is 23.1 Å². The van der Waals surface area contributed by atoms with Gasteiger partial charge in [0.2, 0.25) is 0 Å². The summed E-state index contributed by atoms with van der Waals surface area (Å²) in [4.78, 5) is 10.2. The summed E-state index contributed by atoms with van der Waals surface area (Å²) >= 11 is 0. The van der Waals surface area contributed by atoms with Crippen LogP contribution in [0.25, 0.3) is 22.1 Å². The maximum Gasteiger partial charge on any atom is 0.293 e. The zero-order chi connectivity index (χ0) is 15.5. The molecule has 2 aromatic carbocycles. The number of ether oxygens (including phenoxy) is 1. The molecule has 3 aromatic rings. The minimum absolute atomic E-state index is 0.286. The van der Waals surface area contributed by atoms with E-state index in [-0.39, 0.29) is 12.4 Å². The fourth-order valence-electron chi connectivity index (χ4n) is 2.43. The number of nitrogen functional groups attached to an aromatic ring is 1. The first-order chi connectivity index (χ1) is 10.7. The van der Waals surface area contributed by atoms with Gasteiger partial charge in [-0.25, -0.2) is 4.39 Å². The van der Waals surface area contributed by atoms with Crippen molar-refractivity contribution in [1.82, 2.24) is 0 Å². The highest BCUT2D eigenvalue weighted by molar-refractivity contribution is 5.92. The van der Waals surface area contributed by atoms with Crippen LogP contribution in [0.15, 0.2) is 47.1 Å². The molecule has 0 aliphatic heterocycles. The predicted octanol–water partition coefficient (Wildman–Crippen LogP) is 3.54. The fraction of sp³-hybridized carbons (Fsp3) is 0.118. The van der Waals surface area contributed by atoms with Crippen LogP contribution in [0.5, 0.6) is 0 Å². The number of hydrogen-bond acceptors (Lipinski definition) is 4. The molecule has 1 heterocycles. The van der Waals surface area contributed by atoms with Gasteiger partial charge in [0.25, 0.3) is 6.47 Å². The van der Waals surface area contributed by atoms with E-state index < -0.39 is 0 Å². The molecule has 5 heteroatoms. The third-order valence-corrected chi connectivity index (χ3v) is 3.54. The Kier molecular flexibility index (Phi) is 3.78. The van der Waals surface area contributed by atoms with E-state index >= 15 is 0 Å². The molecule has 0 atom stereocenters. The van der Waals surface area contributed by atoms with E-state index in [1.54, 1.807) is 24.5 Å². The molecule has 22 heavy (non-hydrogen) atoms. The summed E-state index contributed by atoms with van der Waals surface area (Å²) in [6.45, 7) is 0.707. The predicted molar refractivity (Wildman–Crippen MR) is 81.7 cm³/mol. The van der Waals surface area contributed by atoms with E-state index in [2.05, 4.69) is 0 Å². The molecular formula is C17H14FNO3. The van der Waals surface area contributed by atoms with Crippen molar-refractivity contribution in [3.63, 3.8) is 0 Å². The number of furan rings is 1. The minimum Gasteiger partial charge on any atom is -0.468 e. The highest BCUT2D eigenvalue weighted by atomic mass is 19.1. The van der Waals surface area contributed by atoms with Gasteiger partial charge < -0.3 is 14.9 Å². The molecule has 0 aliphatic carbocycles. The number of carbonyl (C=O) groups excluding carboxylic acids is 1. The zero-order valence-corrected chi connectivity index (χ0v) is 11.7. The molecule has 0 spiro atoms. The van der Waals surface area contributed by atoms with Crippen LogP contribution in [-0.2, 0) is 16.0 Å². The highest BCUT2D eigenvalue weighted by Gasteiger charge is 2.11. The van der Waals surface area contributed by atoms with E-state index in [0.29, 0.717) is 24.2 Å². The van der Waals surface area contributed by atoms with Crippen LogP contribution >= 0.6 is 0 Å². The maximum absolute atomic E-state index is 13.1. The van der Waals surface area contributed by atoms with Gasteiger partial charge in [0, 0.05) is 34.7 Å². The molecule has 4 nitrogen and oxygen atoms in total. The number of nitrogens with two attached hydrogens (primary N) is 1. The Morgan fingerprint density at radius 2 is 2.00 bits per heavy atom. The molecule has 0 unspecified atom stereocenters. The van der Waals surface area contributed by atoms with Crippen molar-refractivity contribution in [2.75, 3.05) is 12.3 Å². The van der Waals surface area contributed by atoms with Crippen LogP contribution in [0.1, 0.15) is 5.56 Å². The Bertz CT molecular complexity index is 809. The molecular weight excluding hydrogens is 285 g/mol. The molecule has 0 amide bonds. The Balaban J connectivity index is 2.03. The summed E-state index contributed by atoms with van der Waals surface area (Å²) in [5.41, 5.74) is 9.87. The Hall–Kier alpha value is -2.82. The van der Waals surface area contributed by atoms with Crippen molar-refractivity contribution < 1.29 is 18.3 Å². The minimum atomic E-state index is -0.293. The largest absolute Gasteiger partial charge is 0.468 e. The lowest BCUT2D eigenvalue weighted by molar-refractivity contribution is -0.128. The van der Waals surface area contributed by atoms with Crippen molar-refractivity contribution in [3.05, 3.63) is 54.0 Å². The average Bonchev–Trinajstić information content (AvgIpc) is 2.90. The van der Waals surface area contributed by atoms with Crippen molar-refractivity contribution in [1.29, 1.82) is 0 Å². The number of hydrogen-bond donors (Lipinski definition) is 1. The second kappa shape index (κ2) is 5.89. The molecule has 0 aliphatic rings. The second-order valence-electron chi connectivity index (χ2n) is 4.92. The topological polar surface area (TPSA) is 65.5 Å². The maximum atomic E-state index is 13.1. The van der Waals surface area contributed by atoms with Gasteiger partial charge in [-0.15, -0.1) is 0 Å². The monoisotopic (exact) mass is 299 g/mol. The van der Waals surface area contributed by atoms with Gasteiger partial charge in [0.1, 0.15) is 11.4 Å². The number of carbonyl (C=O) groups is 1. The standard InChI is InChI=1S/C17H14FNO3/c18-13-3-1-11(2-4-13)14-7-15-12(5-6-21-10-20)9-22-17(15)8-16(14)19/h1-4,7-10H,5-6,19H2. The number of benzene rings is 2. The number of fused-ring (bicyclic) bond motifs is 1. The van der Waals surface area contributed by atoms with Crippen LogP contribution in [0.2, 0.25) is 0 Å². The summed E-state index contributed by atoms with van der Waals surface area (Å²) < 4.78 is 23.3. The SMILES string of the molecule is Nc1cc2occ(CCOC=O)c2cc1-c1ccc(F)cc1. The zero-order valence-electron chi connectivity index (χ0n) is 11.7. The molecule has 0 saturated carbocycles. The van der Waals surface area contributed by atoms with E-state index in [9.17, 15) is 9.18 Å². The summed E-state index contributed by atoms with van der Waals surface area (Å²) in [6.07, 6.45) is 2.19. The molecule has 112 valence electrons. The molecule has 1 aromatic heterocycles. The van der Waals surface area contributed by atoms with Crippen molar-refractivity contribution in [3.8, 4) is 11.1 Å². The number of halogens is 1. The number of rotatable bonds is 5. The van der Waals surface area contributed by atoms with Crippen LogP contribution in [0, 0.1) is 5.82 Å². The van der Waals surface area contributed by atoms with Crippen LogP contribution in [-0.4, -0.2) is 13.1 Å². The summed E-state index contributed by atoms with van der Waals surface area (Å²) in [7, 11) is 0. The van der Waals surface area contributed by atoms with Crippen LogP contribution in [0.4, 0.5) is 10.1 Å². The lowest BCUT2D eigenvalue weighted by Gasteiger charge is -2.07. The Labute approximate surface area is 126 Å². The third kappa shape index (κ3) is 2.65. The normalized spacial score (nSPS) is 10.8. The molecule has 0 fully saturated rings.